The predicted molar refractivity (Wildman–Crippen MR) is 572 cm³/mol. The fourth-order valence-corrected chi connectivity index (χ4v) is 41.3. The molecule has 2 amide bonds. The SMILES string of the molecule is CC[C@H](O[Si](CC)(CC)CC)[C@@H](C)[C@H]1O[C@@H]1C[C@](C)(/C=C/C=C(\C)[C@H]1OC(=O)C[C@H](O[Si](CC)(CC)CC)CC[C@@](C)(OC(=O)N2CC3CC2CN3)[C@@H](OC(C)=O)/C=C/[C@@H]1C)O[Si](CC)(CC)CC.CC[C@H](O[Si](CC)(CC)CC)[C@@H](C)[C@H]1O[C@@H]1C[C@](C)(/C=C/C=C(\C)[C@H]1OC(=O)C[C@H](O[Si](CC)(CC)CC)CC[C@@](C)(OC(C)=O)[C@@H](OC(=O)N2CC3CC2CN3)/C=C/[C@@H]1C)O[Si](CC)(CC)CC. The summed E-state index contributed by atoms with van der Waals surface area (Å²) in [6, 6.07) is 19.1. The Morgan fingerprint density at radius 1 is 0.464 bits per heavy atom. The Morgan fingerprint density at radius 3 is 1.10 bits per heavy atom. The van der Waals surface area contributed by atoms with Crippen LogP contribution in [-0.4, -0.2) is 242 Å². The van der Waals surface area contributed by atoms with E-state index in [4.69, 9.17) is 64.5 Å². The maximum absolute atomic E-state index is 14.3. The Balaban J connectivity index is 0.000000376. The lowest BCUT2D eigenvalue weighted by atomic mass is 9.88. The number of ether oxygens (including phenoxy) is 8. The number of likely N-dealkylation sites (tertiary alicyclic amines) is 2. The number of piperazine rings is 2. The third-order valence-electron chi connectivity index (χ3n) is 34.5. The molecule has 2 N–H and O–H groups in total. The molecule has 8 heterocycles. The lowest BCUT2D eigenvalue weighted by Crippen LogP contribution is -2.52. The maximum atomic E-state index is 14.3. The van der Waals surface area contributed by atoms with Gasteiger partial charge >= 0.3 is 36.1 Å². The molecule has 0 spiro atoms. The number of hydrogen-bond donors (Lipinski definition) is 2. The number of rotatable bonds is 50. The Bertz CT molecular complexity index is 3950. The summed E-state index contributed by atoms with van der Waals surface area (Å²) < 4.78 is 94.2. The van der Waals surface area contributed by atoms with Crippen molar-refractivity contribution >= 4 is 86.0 Å². The fourth-order valence-electron chi connectivity index (χ4n) is 23.3. The van der Waals surface area contributed by atoms with Crippen molar-refractivity contribution in [3.8, 4) is 0 Å². The number of hydrogen-bond acceptors (Lipinski definition) is 22. The molecule has 8 aliphatic rings. The van der Waals surface area contributed by atoms with E-state index >= 15 is 0 Å². The molecular formula is C108H196N4O20Si6. The van der Waals surface area contributed by atoms with Crippen molar-refractivity contribution in [1.29, 1.82) is 0 Å². The largest absolute Gasteiger partial charge is 0.457 e. The van der Waals surface area contributed by atoms with E-state index in [2.05, 4.69) is 207 Å². The molecule has 30 heteroatoms. The average molecular weight is 2040 g/mol. The highest BCUT2D eigenvalue weighted by molar-refractivity contribution is 6.75. The van der Waals surface area contributed by atoms with Crippen molar-refractivity contribution < 1.29 is 93.2 Å². The van der Waals surface area contributed by atoms with Crippen molar-refractivity contribution in [3.63, 3.8) is 0 Å². The number of amides is 2. The van der Waals surface area contributed by atoms with E-state index in [1.54, 1.807) is 4.90 Å². The van der Waals surface area contributed by atoms with Gasteiger partial charge in [0.25, 0.3) is 0 Å². The van der Waals surface area contributed by atoms with Crippen LogP contribution in [0.5, 0.6) is 0 Å². The van der Waals surface area contributed by atoms with Crippen LogP contribution in [0.2, 0.25) is 109 Å². The topological polar surface area (TPSA) is 269 Å². The highest BCUT2D eigenvalue weighted by Gasteiger charge is 2.55. The molecule has 0 saturated carbocycles. The van der Waals surface area contributed by atoms with Gasteiger partial charge in [0.1, 0.15) is 17.8 Å². The lowest BCUT2D eigenvalue weighted by molar-refractivity contribution is -0.168. The second kappa shape index (κ2) is 54.4. The fraction of sp³-hybridized carbons (Fsp3) is 0.833. The number of carbonyl (C=O) groups excluding carboxylic acids is 6. The van der Waals surface area contributed by atoms with Crippen molar-refractivity contribution in [2.45, 2.75) is 527 Å². The monoisotopic (exact) mass is 2040 g/mol. The number of cyclic esters (lactones) is 2. The standard InChI is InChI=1S/2C54H98N2O10Si3/c1-17-46(65-68(21-5,22-6)23-7)41(13)51-47(60-51)36-53(15,66-69(24-8,25-9)26-10)32-27-28-39(11)50-40(12)29-30-48(61-52(59)56-38-43-34-44(56)37-55-43)54(16,63-42(14)57)33-31-45(35-49(58)62-50)64-67(18-2,19-3)20-4;1-17-46(65-68(21-5,22-6)23-7)41(13)51-47(61-51)36-53(15,66-69(24-8,25-9)26-10)32-27-28-39(11)50-40(12)29-30-48(60-42(14)57)54(16,63-52(59)56-38-43-34-44(56)37-55-43)33-31-45(35-49(58)62-50)64-67(18-2,19-3)20-4/h2*27-30,32,40-41,43-48,50-51,55H,17-26,31,33-38H2,1-16H3/b2*30-29+,32-27+,39-28+/t2*40-,41+,43?,44?,45+,46-,47+,48-,50+,51+,53-,54+/m00/s1. The number of carbonyl (C=O) groups is 6. The van der Waals surface area contributed by atoms with Crippen LogP contribution in [0, 0.1) is 23.7 Å². The summed E-state index contributed by atoms with van der Waals surface area (Å²) in [4.78, 5) is 85.8. The number of fused-ring (bicyclic) bond motifs is 4. The first kappa shape index (κ1) is 121. The molecule has 24 atom stereocenters. The molecular weight excluding hydrogens is 1840 g/mol. The van der Waals surface area contributed by atoms with E-state index in [1.165, 1.54) is 13.8 Å². The van der Waals surface area contributed by atoms with Gasteiger partial charge in [0.15, 0.2) is 67.7 Å². The quantitative estimate of drug-likeness (QED) is 0.0143. The number of epoxide rings is 2. The van der Waals surface area contributed by atoms with Gasteiger partial charge in [-0.2, -0.15) is 0 Å². The molecule has 0 aromatic carbocycles. The minimum atomic E-state index is -2.20. The number of esters is 4. The third-order valence-corrected chi connectivity index (χ3v) is 62.8. The smallest absolute Gasteiger partial charge is 0.410 e. The summed E-state index contributed by atoms with van der Waals surface area (Å²) in [5.74, 6) is -1.72. The molecule has 0 radical (unpaired) electrons. The van der Waals surface area contributed by atoms with Gasteiger partial charge in [-0.25, -0.2) is 9.59 Å². The summed E-state index contributed by atoms with van der Waals surface area (Å²) in [7, 11) is -12.1. The van der Waals surface area contributed by atoms with Gasteiger partial charge in [0.05, 0.1) is 60.7 Å². The Labute approximate surface area is 843 Å². The van der Waals surface area contributed by atoms with Gasteiger partial charge in [0, 0.05) is 113 Å². The number of nitrogens with zero attached hydrogens (tertiary/aromatic N) is 2. The summed E-state index contributed by atoms with van der Waals surface area (Å²) in [5, 5.41) is 6.92. The zero-order valence-corrected chi connectivity index (χ0v) is 98.4. The molecule has 0 aromatic rings. The van der Waals surface area contributed by atoms with Crippen LogP contribution in [0.15, 0.2) is 71.9 Å². The van der Waals surface area contributed by atoms with E-state index in [0.29, 0.717) is 38.8 Å². The van der Waals surface area contributed by atoms with Crippen LogP contribution >= 0.6 is 0 Å². The van der Waals surface area contributed by atoms with Crippen LogP contribution in [0.4, 0.5) is 9.59 Å². The van der Waals surface area contributed by atoms with Crippen LogP contribution < -0.4 is 10.6 Å². The van der Waals surface area contributed by atoms with Gasteiger partial charge in [-0.1, -0.05) is 215 Å². The van der Waals surface area contributed by atoms with E-state index in [-0.39, 0.29) is 109 Å². The summed E-state index contributed by atoms with van der Waals surface area (Å²) in [6.07, 6.45) is 22.8. The summed E-state index contributed by atoms with van der Waals surface area (Å²) in [6.45, 7) is 71.1. The van der Waals surface area contributed by atoms with Gasteiger partial charge in [-0.3, -0.25) is 19.2 Å². The molecule has 24 nitrogen and oxygen atoms in total. The second-order valence-corrected chi connectivity index (χ2v) is 71.6. The summed E-state index contributed by atoms with van der Waals surface area (Å²) >= 11 is 0. The van der Waals surface area contributed by atoms with Crippen molar-refractivity contribution in [2.75, 3.05) is 26.2 Å². The predicted octanol–water partition coefficient (Wildman–Crippen LogP) is 24.8. The first-order chi connectivity index (χ1) is 65.3. The van der Waals surface area contributed by atoms with E-state index < -0.39 is 133 Å². The average Bonchev–Trinajstić information content (AvgIpc) is 1.63. The summed E-state index contributed by atoms with van der Waals surface area (Å²) in [5.41, 5.74) is -1.91. The van der Waals surface area contributed by atoms with Crippen LogP contribution in [0.1, 0.15) is 299 Å². The zero-order chi connectivity index (χ0) is 103. The Kier molecular flexibility index (Phi) is 47.6. The van der Waals surface area contributed by atoms with E-state index in [0.717, 1.165) is 172 Å². The molecule has 6 saturated heterocycles. The van der Waals surface area contributed by atoms with E-state index in [9.17, 15) is 28.8 Å². The molecule has 792 valence electrons. The first-order valence-corrected chi connectivity index (χ1v) is 70.2. The molecule has 138 heavy (non-hydrogen) atoms. The van der Waals surface area contributed by atoms with Crippen molar-refractivity contribution in [2.24, 2.45) is 23.7 Å². The Morgan fingerprint density at radius 2 is 0.797 bits per heavy atom. The van der Waals surface area contributed by atoms with Crippen molar-refractivity contribution in [1.82, 2.24) is 20.4 Å². The second-order valence-electron chi connectivity index (χ2n) is 43.4. The van der Waals surface area contributed by atoms with Gasteiger partial charge < -0.3 is 84.9 Å². The lowest BCUT2D eigenvalue weighted by Gasteiger charge is -2.40. The molecule has 0 aliphatic carbocycles. The molecule has 4 unspecified atom stereocenters. The first-order valence-electron chi connectivity index (χ1n) is 55.0. The molecule has 8 aliphatic heterocycles. The number of allylic oxidation sites excluding steroid dienone is 4. The van der Waals surface area contributed by atoms with Gasteiger partial charge in [0.2, 0.25) is 0 Å². The number of nitrogens with one attached hydrogen (secondary N) is 2. The highest BCUT2D eigenvalue weighted by Crippen LogP contribution is 2.47. The molecule has 0 aromatic heterocycles. The van der Waals surface area contributed by atoms with Gasteiger partial charge in [-0.15, -0.1) is 0 Å². The maximum Gasteiger partial charge on any atom is 0.410 e. The minimum absolute atomic E-state index is 0.0572. The minimum Gasteiger partial charge on any atom is -0.457 e. The molecule has 6 fully saturated rings. The van der Waals surface area contributed by atoms with E-state index in [1.807, 2.05) is 76.8 Å². The van der Waals surface area contributed by atoms with Crippen LogP contribution in [0.3, 0.4) is 0 Å². The molecule has 4 bridgehead atoms. The van der Waals surface area contributed by atoms with Gasteiger partial charge in [-0.05, 0) is 225 Å². The van der Waals surface area contributed by atoms with Crippen LogP contribution in [0.25, 0.3) is 0 Å². The molecule has 8 rings (SSSR count). The third kappa shape index (κ3) is 32.4. The normalized spacial score (nSPS) is 30.5. The highest BCUT2D eigenvalue weighted by atomic mass is 28.4. The Hall–Kier alpha value is -4.24. The van der Waals surface area contributed by atoms with Crippen LogP contribution in [-0.2, 0) is 83.6 Å². The van der Waals surface area contributed by atoms with Crippen molar-refractivity contribution in [3.05, 3.63) is 71.9 Å². The zero-order valence-electron chi connectivity index (χ0n) is 92.4.